The number of amides is 1. The normalized spacial score (nSPS) is 17.8. The number of benzene rings is 1. The van der Waals surface area contributed by atoms with Crippen LogP contribution < -0.4 is 5.32 Å². The van der Waals surface area contributed by atoms with E-state index in [2.05, 4.69) is 59.0 Å². The lowest BCUT2D eigenvalue weighted by Crippen LogP contribution is -2.45. The van der Waals surface area contributed by atoms with Crippen LogP contribution in [0, 0.1) is 5.92 Å². The molecule has 0 aliphatic carbocycles. The SMILES string of the molecule is CC(C)c1cc(C(C)C)c(S(=O)(=O)N2CCCC(C(=O)NCc3cccs3)C2)c(C(C)C)c1. The summed E-state index contributed by atoms with van der Waals surface area (Å²) in [7, 11) is -3.73. The van der Waals surface area contributed by atoms with E-state index < -0.39 is 10.0 Å². The first-order chi connectivity index (χ1) is 15.5. The molecule has 0 saturated carbocycles. The second kappa shape index (κ2) is 10.7. The summed E-state index contributed by atoms with van der Waals surface area (Å²) in [6.07, 6.45) is 1.40. The van der Waals surface area contributed by atoms with Crippen LogP contribution in [-0.2, 0) is 21.4 Å². The zero-order valence-electron chi connectivity index (χ0n) is 20.7. The van der Waals surface area contributed by atoms with Crippen LogP contribution in [-0.4, -0.2) is 31.7 Å². The van der Waals surface area contributed by atoms with Gasteiger partial charge < -0.3 is 5.32 Å². The average Bonchev–Trinajstić information content (AvgIpc) is 3.30. The highest BCUT2D eigenvalue weighted by molar-refractivity contribution is 7.89. The highest BCUT2D eigenvalue weighted by Crippen LogP contribution is 2.37. The van der Waals surface area contributed by atoms with Crippen LogP contribution in [0.5, 0.6) is 0 Å². The Hall–Kier alpha value is -1.70. The maximum absolute atomic E-state index is 14.0. The van der Waals surface area contributed by atoms with Gasteiger partial charge in [-0.1, -0.05) is 59.7 Å². The summed E-state index contributed by atoms with van der Waals surface area (Å²) >= 11 is 1.60. The van der Waals surface area contributed by atoms with Crippen LogP contribution >= 0.6 is 11.3 Å². The van der Waals surface area contributed by atoms with Gasteiger partial charge in [0.05, 0.1) is 17.4 Å². The molecule has 182 valence electrons. The first kappa shape index (κ1) is 25.9. The first-order valence-corrected chi connectivity index (χ1v) is 14.3. The van der Waals surface area contributed by atoms with Gasteiger partial charge in [-0.3, -0.25) is 4.79 Å². The largest absolute Gasteiger partial charge is 0.351 e. The van der Waals surface area contributed by atoms with Crippen molar-refractivity contribution in [2.75, 3.05) is 13.1 Å². The van der Waals surface area contributed by atoms with E-state index in [-0.39, 0.29) is 30.2 Å². The van der Waals surface area contributed by atoms with Crippen LogP contribution in [0.15, 0.2) is 34.5 Å². The number of rotatable bonds is 8. The number of nitrogens with zero attached hydrogens (tertiary/aromatic N) is 1. The lowest BCUT2D eigenvalue weighted by atomic mass is 9.89. The maximum atomic E-state index is 14.0. The topological polar surface area (TPSA) is 66.5 Å². The molecule has 2 heterocycles. The van der Waals surface area contributed by atoms with E-state index in [1.54, 1.807) is 15.6 Å². The Bertz CT molecular complexity index is 1030. The number of thiophene rings is 1. The van der Waals surface area contributed by atoms with Gasteiger partial charge in [0.25, 0.3) is 0 Å². The van der Waals surface area contributed by atoms with Crippen molar-refractivity contribution in [1.82, 2.24) is 9.62 Å². The van der Waals surface area contributed by atoms with Gasteiger partial charge in [0, 0.05) is 18.0 Å². The van der Waals surface area contributed by atoms with Crippen LogP contribution in [0.25, 0.3) is 0 Å². The van der Waals surface area contributed by atoms with Crippen molar-refractivity contribution < 1.29 is 13.2 Å². The number of nitrogens with one attached hydrogen (secondary N) is 1. The number of hydrogen-bond acceptors (Lipinski definition) is 4. The Morgan fingerprint density at radius 2 is 1.73 bits per heavy atom. The fraction of sp³-hybridized carbons (Fsp3) is 0.577. The van der Waals surface area contributed by atoms with Crippen molar-refractivity contribution in [3.05, 3.63) is 51.2 Å². The van der Waals surface area contributed by atoms with Gasteiger partial charge in [-0.05, 0) is 58.7 Å². The Balaban J connectivity index is 1.91. The fourth-order valence-corrected chi connectivity index (χ4v) is 7.26. The van der Waals surface area contributed by atoms with Gasteiger partial charge in [-0.25, -0.2) is 8.42 Å². The molecule has 0 spiro atoms. The van der Waals surface area contributed by atoms with E-state index in [1.165, 1.54) is 5.56 Å². The zero-order chi connectivity index (χ0) is 24.3. The Morgan fingerprint density at radius 1 is 1.09 bits per heavy atom. The lowest BCUT2D eigenvalue weighted by Gasteiger charge is -2.33. The number of carbonyl (C=O) groups excluding carboxylic acids is 1. The van der Waals surface area contributed by atoms with Crippen LogP contribution in [0.4, 0.5) is 0 Å². The summed E-state index contributed by atoms with van der Waals surface area (Å²) < 4.78 is 29.6. The molecule has 33 heavy (non-hydrogen) atoms. The molecule has 1 fully saturated rings. The number of hydrogen-bond donors (Lipinski definition) is 1. The molecule has 1 N–H and O–H groups in total. The molecule has 0 bridgehead atoms. The minimum absolute atomic E-state index is 0.0633. The van der Waals surface area contributed by atoms with Crippen molar-refractivity contribution in [3.8, 4) is 0 Å². The smallest absolute Gasteiger partial charge is 0.243 e. The third kappa shape index (κ3) is 5.87. The Kier molecular flexibility index (Phi) is 8.40. The summed E-state index contributed by atoms with van der Waals surface area (Å²) in [6.45, 7) is 13.7. The Labute approximate surface area is 203 Å². The van der Waals surface area contributed by atoms with Crippen LogP contribution in [0.1, 0.15) is 93.7 Å². The molecule has 1 aliphatic heterocycles. The fourth-order valence-electron chi connectivity index (χ4n) is 4.42. The second-order valence-corrected chi connectivity index (χ2v) is 12.9. The molecule has 3 rings (SSSR count). The van der Waals surface area contributed by atoms with Gasteiger partial charge in [-0.2, -0.15) is 4.31 Å². The monoisotopic (exact) mass is 490 g/mol. The zero-order valence-corrected chi connectivity index (χ0v) is 22.4. The maximum Gasteiger partial charge on any atom is 0.243 e. The van der Waals surface area contributed by atoms with Crippen molar-refractivity contribution in [2.24, 2.45) is 5.92 Å². The second-order valence-electron chi connectivity index (χ2n) is 9.99. The van der Waals surface area contributed by atoms with E-state index in [0.717, 1.165) is 16.0 Å². The summed E-state index contributed by atoms with van der Waals surface area (Å²) in [4.78, 5) is 14.4. The van der Waals surface area contributed by atoms with Crippen molar-refractivity contribution in [3.63, 3.8) is 0 Å². The predicted octanol–water partition coefficient (Wildman–Crippen LogP) is 5.84. The molecule has 1 saturated heterocycles. The Morgan fingerprint density at radius 3 is 2.24 bits per heavy atom. The van der Waals surface area contributed by atoms with Gasteiger partial charge in [0.2, 0.25) is 15.9 Å². The minimum Gasteiger partial charge on any atom is -0.351 e. The first-order valence-electron chi connectivity index (χ1n) is 12.0. The third-order valence-electron chi connectivity index (χ3n) is 6.45. The molecule has 1 unspecified atom stereocenters. The molecule has 5 nitrogen and oxygen atoms in total. The van der Waals surface area contributed by atoms with E-state index in [4.69, 9.17) is 0 Å². The van der Waals surface area contributed by atoms with Crippen molar-refractivity contribution in [1.29, 1.82) is 0 Å². The summed E-state index contributed by atoms with van der Waals surface area (Å²) in [5, 5.41) is 4.98. The lowest BCUT2D eigenvalue weighted by molar-refractivity contribution is -0.126. The van der Waals surface area contributed by atoms with E-state index in [9.17, 15) is 13.2 Å². The van der Waals surface area contributed by atoms with Gasteiger partial charge in [-0.15, -0.1) is 11.3 Å². The van der Waals surface area contributed by atoms with Gasteiger partial charge in [0.1, 0.15) is 0 Å². The molecular weight excluding hydrogens is 452 g/mol. The summed E-state index contributed by atoms with van der Waals surface area (Å²) in [5.74, 6) is 0.101. The number of carbonyl (C=O) groups is 1. The van der Waals surface area contributed by atoms with Crippen LogP contribution in [0.3, 0.4) is 0 Å². The molecule has 1 amide bonds. The molecule has 1 aromatic heterocycles. The van der Waals surface area contributed by atoms with Gasteiger partial charge in [0.15, 0.2) is 0 Å². The summed E-state index contributed by atoms with van der Waals surface area (Å²) in [6, 6.07) is 8.10. The molecule has 2 aromatic rings. The quantitative estimate of drug-likeness (QED) is 0.506. The van der Waals surface area contributed by atoms with Crippen molar-refractivity contribution >= 4 is 27.3 Å². The average molecular weight is 491 g/mol. The van der Waals surface area contributed by atoms with E-state index >= 15 is 0 Å². The molecule has 1 atom stereocenters. The van der Waals surface area contributed by atoms with E-state index in [1.807, 2.05) is 17.5 Å². The molecule has 1 aromatic carbocycles. The van der Waals surface area contributed by atoms with Crippen molar-refractivity contribution in [2.45, 2.75) is 83.6 Å². The van der Waals surface area contributed by atoms with E-state index in [0.29, 0.717) is 36.7 Å². The van der Waals surface area contributed by atoms with Gasteiger partial charge >= 0.3 is 0 Å². The highest BCUT2D eigenvalue weighted by atomic mass is 32.2. The number of sulfonamides is 1. The minimum atomic E-state index is -3.73. The molecule has 0 radical (unpaired) electrons. The van der Waals surface area contributed by atoms with Crippen LogP contribution in [0.2, 0.25) is 0 Å². The summed E-state index contributed by atoms with van der Waals surface area (Å²) in [5.41, 5.74) is 2.94. The standard InChI is InChI=1S/C26H38N2O3S2/c1-17(2)21-13-23(18(3)4)25(24(14-21)19(5)6)33(30,31)28-11-7-9-20(16-28)26(29)27-15-22-10-8-12-32-22/h8,10,12-14,17-20H,7,9,11,15-16H2,1-6H3,(H,27,29). The number of piperidine rings is 1. The molecule has 7 heteroatoms. The highest BCUT2D eigenvalue weighted by Gasteiger charge is 2.36. The molecule has 1 aliphatic rings. The molecular formula is C26H38N2O3S2. The third-order valence-corrected chi connectivity index (χ3v) is 9.32. The predicted molar refractivity (Wildman–Crippen MR) is 136 cm³/mol.